The van der Waals surface area contributed by atoms with Crippen LogP contribution in [0, 0.1) is 0 Å². The van der Waals surface area contributed by atoms with Gasteiger partial charge in [-0.2, -0.15) is 0 Å². The van der Waals surface area contributed by atoms with E-state index in [4.69, 9.17) is 14.2 Å². The number of rotatable bonds is 2. The normalized spacial score (nSPS) is 18.1. The van der Waals surface area contributed by atoms with Gasteiger partial charge in [0.25, 0.3) is 0 Å². The van der Waals surface area contributed by atoms with Crippen LogP contribution in [-0.4, -0.2) is 25.9 Å². The first kappa shape index (κ1) is 14.7. The molecule has 0 saturated heterocycles. The highest BCUT2D eigenvalue weighted by atomic mass is 16.6. The average Bonchev–Trinajstić information content (AvgIpc) is 2.62. The summed E-state index contributed by atoms with van der Waals surface area (Å²) >= 11 is 0. The molecule has 2 aromatic rings. The number of carbonyl (C=O) groups excluding carboxylic acids is 1. The van der Waals surface area contributed by atoms with Gasteiger partial charge >= 0.3 is 6.03 Å². The number of hydrogen-bond acceptors (Lipinski definition) is 4. The predicted molar refractivity (Wildman–Crippen MR) is 88.9 cm³/mol. The number of urea groups is 1. The molecule has 6 heteroatoms. The number of amides is 2. The summed E-state index contributed by atoms with van der Waals surface area (Å²) < 4.78 is 16.8. The molecule has 0 unspecified atom stereocenters. The van der Waals surface area contributed by atoms with Crippen LogP contribution in [0.25, 0.3) is 0 Å². The highest BCUT2D eigenvalue weighted by Crippen LogP contribution is 2.37. The number of carbonyl (C=O) groups is 1. The molecule has 4 rings (SSSR count). The molecule has 0 radical (unpaired) electrons. The molecule has 0 bridgehead atoms. The Labute approximate surface area is 139 Å². The Bertz CT molecular complexity index is 762. The van der Waals surface area contributed by atoms with Crippen molar-refractivity contribution in [2.45, 2.75) is 12.5 Å². The zero-order chi connectivity index (χ0) is 16.4. The number of benzene rings is 2. The van der Waals surface area contributed by atoms with Gasteiger partial charge < -0.3 is 24.8 Å². The molecule has 124 valence electrons. The van der Waals surface area contributed by atoms with Crippen LogP contribution in [0.1, 0.15) is 18.0 Å². The van der Waals surface area contributed by atoms with Crippen molar-refractivity contribution in [1.82, 2.24) is 5.32 Å². The predicted octanol–water partition coefficient (Wildman–Crippen LogP) is 3.10. The molecule has 0 fully saturated rings. The summed E-state index contributed by atoms with van der Waals surface area (Å²) in [5.74, 6) is 2.05. The van der Waals surface area contributed by atoms with E-state index in [0.29, 0.717) is 37.0 Å². The molecule has 0 aliphatic carbocycles. The summed E-state index contributed by atoms with van der Waals surface area (Å²) in [5.41, 5.74) is 1.60. The van der Waals surface area contributed by atoms with E-state index in [0.717, 1.165) is 17.7 Å². The van der Waals surface area contributed by atoms with Crippen LogP contribution >= 0.6 is 0 Å². The van der Waals surface area contributed by atoms with Crippen LogP contribution in [0.3, 0.4) is 0 Å². The molecular weight excluding hydrogens is 308 g/mol. The number of nitrogens with one attached hydrogen (secondary N) is 2. The Morgan fingerprint density at radius 2 is 1.71 bits per heavy atom. The monoisotopic (exact) mass is 326 g/mol. The SMILES string of the molecule is O=C(Nc1cccc2c1OCCO2)N[C@H]1CCOc2ccccc21. The highest BCUT2D eigenvalue weighted by molar-refractivity contribution is 5.92. The summed E-state index contributed by atoms with van der Waals surface area (Å²) in [6.45, 7) is 1.57. The maximum Gasteiger partial charge on any atom is 0.319 e. The molecule has 24 heavy (non-hydrogen) atoms. The molecule has 2 aliphatic heterocycles. The lowest BCUT2D eigenvalue weighted by Crippen LogP contribution is -2.35. The quantitative estimate of drug-likeness (QED) is 0.890. The van der Waals surface area contributed by atoms with Crippen molar-refractivity contribution < 1.29 is 19.0 Å². The van der Waals surface area contributed by atoms with Gasteiger partial charge in [-0.3, -0.25) is 0 Å². The minimum Gasteiger partial charge on any atom is -0.493 e. The molecule has 2 aliphatic rings. The number of anilines is 1. The smallest absolute Gasteiger partial charge is 0.319 e. The van der Waals surface area contributed by atoms with Gasteiger partial charge in [-0.15, -0.1) is 0 Å². The van der Waals surface area contributed by atoms with E-state index in [9.17, 15) is 4.79 Å². The van der Waals surface area contributed by atoms with Crippen LogP contribution < -0.4 is 24.8 Å². The maximum atomic E-state index is 12.4. The van der Waals surface area contributed by atoms with Crippen molar-refractivity contribution in [3.8, 4) is 17.2 Å². The molecule has 2 aromatic carbocycles. The van der Waals surface area contributed by atoms with Gasteiger partial charge in [0.1, 0.15) is 19.0 Å². The lowest BCUT2D eigenvalue weighted by Gasteiger charge is -2.27. The third-order valence-corrected chi connectivity index (χ3v) is 4.08. The van der Waals surface area contributed by atoms with Gasteiger partial charge in [0.2, 0.25) is 0 Å². The van der Waals surface area contributed by atoms with E-state index < -0.39 is 0 Å². The molecule has 2 heterocycles. The second-order valence-corrected chi connectivity index (χ2v) is 5.66. The zero-order valence-corrected chi connectivity index (χ0v) is 13.1. The van der Waals surface area contributed by atoms with E-state index in [-0.39, 0.29) is 12.1 Å². The lowest BCUT2D eigenvalue weighted by atomic mass is 10.0. The van der Waals surface area contributed by atoms with Crippen molar-refractivity contribution >= 4 is 11.7 Å². The fourth-order valence-electron chi connectivity index (χ4n) is 2.98. The standard InChI is InChI=1S/C18H18N2O4/c21-18(19-13-8-9-22-15-6-2-1-4-12(13)15)20-14-5-3-7-16-17(14)24-11-10-23-16/h1-7,13H,8-11H2,(H2,19,20,21)/t13-/m0/s1. The molecule has 2 N–H and O–H groups in total. The van der Waals surface area contributed by atoms with Crippen LogP contribution in [-0.2, 0) is 0 Å². The minimum absolute atomic E-state index is 0.0772. The fourth-order valence-corrected chi connectivity index (χ4v) is 2.98. The first-order valence-electron chi connectivity index (χ1n) is 7.99. The van der Waals surface area contributed by atoms with Crippen LogP contribution in [0.15, 0.2) is 42.5 Å². The van der Waals surface area contributed by atoms with Gasteiger partial charge in [-0.25, -0.2) is 4.79 Å². The minimum atomic E-state index is -0.278. The summed E-state index contributed by atoms with van der Waals surface area (Å²) in [7, 11) is 0. The Morgan fingerprint density at radius 3 is 2.67 bits per heavy atom. The van der Waals surface area contributed by atoms with Crippen molar-refractivity contribution in [2.24, 2.45) is 0 Å². The van der Waals surface area contributed by atoms with E-state index in [1.165, 1.54) is 0 Å². The Hall–Kier alpha value is -2.89. The van der Waals surface area contributed by atoms with E-state index in [1.807, 2.05) is 36.4 Å². The first-order chi connectivity index (χ1) is 11.8. The van der Waals surface area contributed by atoms with E-state index in [2.05, 4.69) is 10.6 Å². The van der Waals surface area contributed by atoms with E-state index >= 15 is 0 Å². The molecule has 2 amide bonds. The zero-order valence-electron chi connectivity index (χ0n) is 13.1. The third kappa shape index (κ3) is 2.82. The van der Waals surface area contributed by atoms with Gasteiger partial charge in [0, 0.05) is 12.0 Å². The molecule has 6 nitrogen and oxygen atoms in total. The second-order valence-electron chi connectivity index (χ2n) is 5.66. The van der Waals surface area contributed by atoms with Gasteiger partial charge in [-0.1, -0.05) is 24.3 Å². The molecule has 0 spiro atoms. The summed E-state index contributed by atoms with van der Waals surface area (Å²) in [6, 6.07) is 12.9. The van der Waals surface area contributed by atoms with Crippen molar-refractivity contribution in [2.75, 3.05) is 25.1 Å². The number of hydrogen-bond donors (Lipinski definition) is 2. The van der Waals surface area contributed by atoms with Crippen molar-refractivity contribution in [3.63, 3.8) is 0 Å². The summed E-state index contributed by atoms with van der Waals surface area (Å²) in [5, 5.41) is 5.86. The van der Waals surface area contributed by atoms with Gasteiger partial charge in [-0.05, 0) is 18.2 Å². The van der Waals surface area contributed by atoms with E-state index in [1.54, 1.807) is 6.07 Å². The van der Waals surface area contributed by atoms with Crippen LogP contribution in [0.2, 0.25) is 0 Å². The van der Waals surface area contributed by atoms with Crippen LogP contribution in [0.4, 0.5) is 10.5 Å². The first-order valence-corrected chi connectivity index (χ1v) is 7.99. The second kappa shape index (κ2) is 6.31. The van der Waals surface area contributed by atoms with Crippen LogP contribution in [0.5, 0.6) is 17.2 Å². The molecule has 0 saturated carbocycles. The third-order valence-electron chi connectivity index (χ3n) is 4.08. The molecule has 1 atom stereocenters. The Kier molecular flexibility index (Phi) is 3.86. The largest absolute Gasteiger partial charge is 0.493 e. The lowest BCUT2D eigenvalue weighted by molar-refractivity contribution is 0.172. The summed E-state index contributed by atoms with van der Waals surface area (Å²) in [4.78, 5) is 12.4. The Morgan fingerprint density at radius 1 is 0.917 bits per heavy atom. The summed E-state index contributed by atoms with van der Waals surface area (Å²) in [6.07, 6.45) is 0.733. The van der Waals surface area contributed by atoms with Crippen molar-refractivity contribution in [1.29, 1.82) is 0 Å². The van der Waals surface area contributed by atoms with Crippen molar-refractivity contribution in [3.05, 3.63) is 48.0 Å². The number of fused-ring (bicyclic) bond motifs is 2. The fraction of sp³-hybridized carbons (Fsp3) is 0.278. The van der Waals surface area contributed by atoms with Gasteiger partial charge in [0.15, 0.2) is 11.5 Å². The maximum absolute atomic E-state index is 12.4. The Balaban J connectivity index is 1.49. The molecule has 0 aromatic heterocycles. The average molecular weight is 326 g/mol. The molecular formula is C18H18N2O4. The number of ether oxygens (including phenoxy) is 3. The highest BCUT2D eigenvalue weighted by Gasteiger charge is 2.23. The van der Waals surface area contributed by atoms with Gasteiger partial charge in [0.05, 0.1) is 18.3 Å². The number of para-hydroxylation sites is 2. The topological polar surface area (TPSA) is 68.8 Å².